The van der Waals surface area contributed by atoms with Gasteiger partial charge in [-0.05, 0) is 48.9 Å². The predicted octanol–water partition coefficient (Wildman–Crippen LogP) is 2.45. The minimum absolute atomic E-state index is 0.0445. The highest BCUT2D eigenvalue weighted by Crippen LogP contribution is 2.44. The minimum atomic E-state index is -3.82. The Bertz CT molecular complexity index is 621. The summed E-state index contributed by atoms with van der Waals surface area (Å²) in [5.41, 5.74) is 1.22. The monoisotopic (exact) mass is 301 g/mol. The molecule has 2 rings (SSSR count). The Kier molecular flexibility index (Phi) is 3.62. The summed E-state index contributed by atoms with van der Waals surface area (Å²) in [4.78, 5) is 12.0. The smallest absolute Gasteiger partial charge is 0.261 e. The second-order valence-electron chi connectivity index (χ2n) is 5.47. The fourth-order valence-corrected chi connectivity index (χ4v) is 2.67. The first-order valence-corrected chi connectivity index (χ1v) is 8.35. The molecule has 1 fully saturated rings. The lowest BCUT2D eigenvalue weighted by Crippen LogP contribution is -2.29. The summed E-state index contributed by atoms with van der Waals surface area (Å²) < 4.78 is 22.6. The number of carbonyl (C=O) groups excluding carboxylic acids is 1. The van der Waals surface area contributed by atoms with Crippen LogP contribution in [0.4, 0.5) is 0 Å². The van der Waals surface area contributed by atoms with Crippen LogP contribution in [0.25, 0.3) is 0 Å². The second-order valence-corrected chi connectivity index (χ2v) is 8.03. The van der Waals surface area contributed by atoms with Crippen LogP contribution >= 0.6 is 10.7 Å². The molecule has 4 nitrogen and oxygen atoms in total. The van der Waals surface area contributed by atoms with E-state index in [4.69, 9.17) is 10.7 Å². The second kappa shape index (κ2) is 4.80. The summed E-state index contributed by atoms with van der Waals surface area (Å²) >= 11 is 0. The molecule has 0 bridgehead atoms. The first-order valence-electron chi connectivity index (χ1n) is 6.04. The quantitative estimate of drug-likeness (QED) is 0.869. The van der Waals surface area contributed by atoms with Crippen molar-refractivity contribution in [2.24, 2.45) is 5.41 Å². The van der Waals surface area contributed by atoms with Crippen LogP contribution in [0.5, 0.6) is 0 Å². The van der Waals surface area contributed by atoms with E-state index in [1.165, 1.54) is 12.1 Å². The summed E-state index contributed by atoms with van der Waals surface area (Å²) in [6.07, 6.45) is 2.23. The standard InChI is InChI=1S/C13H16ClNO3S/c1-9-5-10(7-11(6-9)19(14,17)18)12(16)15-8-13(2)3-4-13/h5-7H,3-4,8H2,1-2H3,(H,15,16). The SMILES string of the molecule is Cc1cc(C(=O)NCC2(C)CC2)cc(S(=O)(=O)Cl)c1. The molecule has 0 atom stereocenters. The lowest BCUT2D eigenvalue weighted by Gasteiger charge is -2.11. The molecule has 0 saturated heterocycles. The van der Waals surface area contributed by atoms with Crippen LogP contribution in [-0.4, -0.2) is 20.9 Å². The molecule has 1 N–H and O–H groups in total. The maximum Gasteiger partial charge on any atom is 0.261 e. The Balaban J connectivity index is 2.19. The van der Waals surface area contributed by atoms with Crippen molar-refractivity contribution in [2.45, 2.75) is 31.6 Å². The van der Waals surface area contributed by atoms with Gasteiger partial charge >= 0.3 is 0 Å². The van der Waals surface area contributed by atoms with E-state index in [0.29, 0.717) is 17.7 Å². The van der Waals surface area contributed by atoms with Crippen molar-refractivity contribution in [1.29, 1.82) is 0 Å². The molecule has 0 aromatic heterocycles. The third-order valence-electron chi connectivity index (χ3n) is 3.37. The van der Waals surface area contributed by atoms with E-state index in [1.807, 2.05) is 0 Å². The van der Waals surface area contributed by atoms with Gasteiger partial charge in [-0.3, -0.25) is 4.79 Å². The number of halogens is 1. The number of rotatable bonds is 4. The van der Waals surface area contributed by atoms with Crippen LogP contribution in [-0.2, 0) is 9.05 Å². The zero-order valence-electron chi connectivity index (χ0n) is 10.9. The van der Waals surface area contributed by atoms with E-state index >= 15 is 0 Å². The molecule has 19 heavy (non-hydrogen) atoms. The Morgan fingerprint density at radius 3 is 2.53 bits per heavy atom. The summed E-state index contributed by atoms with van der Waals surface area (Å²) in [5.74, 6) is -0.265. The lowest BCUT2D eigenvalue weighted by molar-refractivity contribution is 0.0946. The molecule has 0 heterocycles. The van der Waals surface area contributed by atoms with Crippen LogP contribution in [0, 0.1) is 12.3 Å². The van der Waals surface area contributed by atoms with Gasteiger partial charge in [0.1, 0.15) is 0 Å². The molecule has 0 radical (unpaired) electrons. The average molecular weight is 302 g/mol. The van der Waals surface area contributed by atoms with Gasteiger partial charge in [0.05, 0.1) is 4.90 Å². The summed E-state index contributed by atoms with van der Waals surface area (Å²) in [7, 11) is 1.49. The van der Waals surface area contributed by atoms with Crippen molar-refractivity contribution in [3.63, 3.8) is 0 Å². The Hall–Kier alpha value is -1.07. The molecule has 6 heteroatoms. The van der Waals surface area contributed by atoms with Gasteiger partial charge in [0.25, 0.3) is 15.0 Å². The largest absolute Gasteiger partial charge is 0.351 e. The Morgan fingerprint density at radius 1 is 1.37 bits per heavy atom. The average Bonchev–Trinajstić information content (AvgIpc) is 3.03. The van der Waals surface area contributed by atoms with Crippen molar-refractivity contribution in [3.05, 3.63) is 29.3 Å². The maximum absolute atomic E-state index is 12.0. The number of hydrogen-bond acceptors (Lipinski definition) is 3. The highest BCUT2D eigenvalue weighted by Gasteiger charge is 2.37. The number of aryl methyl sites for hydroxylation is 1. The molecule has 1 aliphatic rings. The van der Waals surface area contributed by atoms with Crippen molar-refractivity contribution in [2.75, 3.05) is 6.54 Å². The normalized spacial score (nSPS) is 17.0. The zero-order chi connectivity index (χ0) is 14.3. The number of benzene rings is 1. The fourth-order valence-electron chi connectivity index (χ4n) is 1.81. The highest BCUT2D eigenvalue weighted by molar-refractivity contribution is 8.13. The van der Waals surface area contributed by atoms with Crippen LogP contribution in [0.15, 0.2) is 23.1 Å². The molecular formula is C13H16ClNO3S. The molecule has 0 spiro atoms. The third-order valence-corrected chi connectivity index (χ3v) is 4.71. The topological polar surface area (TPSA) is 63.2 Å². The molecule has 1 amide bonds. The predicted molar refractivity (Wildman–Crippen MR) is 73.9 cm³/mol. The van der Waals surface area contributed by atoms with Gasteiger partial charge < -0.3 is 5.32 Å². The Labute approximate surface area is 117 Å². The first kappa shape index (κ1) is 14.3. The third kappa shape index (κ3) is 3.70. The van der Waals surface area contributed by atoms with Crippen LogP contribution in [0.3, 0.4) is 0 Å². The van der Waals surface area contributed by atoms with E-state index in [0.717, 1.165) is 12.8 Å². The molecule has 0 aliphatic heterocycles. The molecule has 1 aromatic carbocycles. The van der Waals surface area contributed by atoms with Crippen LogP contribution < -0.4 is 5.32 Å². The molecular weight excluding hydrogens is 286 g/mol. The van der Waals surface area contributed by atoms with Crippen molar-refractivity contribution >= 4 is 25.6 Å². The van der Waals surface area contributed by atoms with Crippen molar-refractivity contribution in [3.8, 4) is 0 Å². The van der Waals surface area contributed by atoms with Crippen LogP contribution in [0.2, 0.25) is 0 Å². The van der Waals surface area contributed by atoms with E-state index in [2.05, 4.69) is 12.2 Å². The number of nitrogens with one attached hydrogen (secondary N) is 1. The van der Waals surface area contributed by atoms with Gasteiger partial charge in [-0.15, -0.1) is 0 Å². The number of carbonyl (C=O) groups is 1. The van der Waals surface area contributed by atoms with Crippen molar-refractivity contribution < 1.29 is 13.2 Å². The molecule has 1 saturated carbocycles. The molecule has 1 aliphatic carbocycles. The first-order chi connectivity index (χ1) is 8.70. The van der Waals surface area contributed by atoms with Gasteiger partial charge in [-0.1, -0.05) is 6.92 Å². The number of amides is 1. The highest BCUT2D eigenvalue weighted by atomic mass is 35.7. The van der Waals surface area contributed by atoms with Crippen LogP contribution in [0.1, 0.15) is 35.7 Å². The lowest BCUT2D eigenvalue weighted by atomic mass is 10.1. The molecule has 1 aromatic rings. The van der Waals surface area contributed by atoms with E-state index < -0.39 is 9.05 Å². The maximum atomic E-state index is 12.0. The summed E-state index contributed by atoms with van der Waals surface area (Å²) in [6, 6.07) is 4.40. The van der Waals surface area contributed by atoms with E-state index in [9.17, 15) is 13.2 Å². The van der Waals surface area contributed by atoms with E-state index in [-0.39, 0.29) is 16.2 Å². The van der Waals surface area contributed by atoms with E-state index in [1.54, 1.807) is 13.0 Å². The minimum Gasteiger partial charge on any atom is -0.351 e. The summed E-state index contributed by atoms with van der Waals surface area (Å²) in [5, 5.41) is 2.83. The van der Waals surface area contributed by atoms with Gasteiger partial charge in [0.15, 0.2) is 0 Å². The van der Waals surface area contributed by atoms with Crippen molar-refractivity contribution in [1.82, 2.24) is 5.32 Å². The number of hydrogen-bond donors (Lipinski definition) is 1. The van der Waals surface area contributed by atoms with Gasteiger partial charge in [0, 0.05) is 22.8 Å². The van der Waals surface area contributed by atoms with Gasteiger partial charge in [0.2, 0.25) is 0 Å². The summed E-state index contributed by atoms with van der Waals surface area (Å²) in [6.45, 7) is 4.45. The zero-order valence-corrected chi connectivity index (χ0v) is 12.4. The Morgan fingerprint density at radius 2 is 2.00 bits per heavy atom. The van der Waals surface area contributed by atoms with Gasteiger partial charge in [-0.25, -0.2) is 8.42 Å². The van der Waals surface area contributed by atoms with Gasteiger partial charge in [-0.2, -0.15) is 0 Å². The molecule has 0 unspecified atom stereocenters. The molecule has 104 valence electrons. The fraction of sp³-hybridized carbons (Fsp3) is 0.462.